The van der Waals surface area contributed by atoms with Crippen molar-refractivity contribution in [2.24, 2.45) is 0 Å². The van der Waals surface area contributed by atoms with Crippen molar-refractivity contribution in [2.45, 2.75) is 19.9 Å². The lowest BCUT2D eigenvalue weighted by molar-refractivity contribution is 0.537. The molecule has 1 N–H and O–H groups in total. The Labute approximate surface area is 111 Å². The first-order valence-corrected chi connectivity index (χ1v) is 6.23. The highest BCUT2D eigenvalue weighted by atomic mass is 19.1. The van der Waals surface area contributed by atoms with E-state index in [2.05, 4.69) is 10.3 Å². The van der Waals surface area contributed by atoms with Gasteiger partial charge in [0.2, 0.25) is 0 Å². The number of hydrogen-bond acceptors (Lipinski definition) is 2. The van der Waals surface area contributed by atoms with Crippen LogP contribution in [0.4, 0.5) is 8.78 Å². The van der Waals surface area contributed by atoms with Gasteiger partial charge >= 0.3 is 0 Å². The largest absolute Gasteiger partial charge is 0.305 e. The minimum absolute atomic E-state index is 0.290. The Morgan fingerprint density at radius 1 is 1.26 bits per heavy atom. The van der Waals surface area contributed by atoms with Gasteiger partial charge in [-0.1, -0.05) is 13.0 Å². The SMILES string of the molecule is CCNC(c1cc(F)ccc1C)c1ncccc1F. The number of pyridine rings is 1. The van der Waals surface area contributed by atoms with Gasteiger partial charge in [-0.25, -0.2) is 8.78 Å². The van der Waals surface area contributed by atoms with E-state index in [1.807, 2.05) is 13.8 Å². The minimum Gasteiger partial charge on any atom is -0.305 e. The first-order valence-electron chi connectivity index (χ1n) is 6.23. The molecule has 1 aromatic carbocycles. The van der Waals surface area contributed by atoms with Crippen LogP contribution in [0, 0.1) is 18.6 Å². The Bertz CT molecular complexity index is 570. The highest BCUT2D eigenvalue weighted by Crippen LogP contribution is 2.25. The summed E-state index contributed by atoms with van der Waals surface area (Å²) in [5, 5.41) is 3.15. The van der Waals surface area contributed by atoms with Gasteiger partial charge in [0, 0.05) is 6.20 Å². The molecular weight excluding hydrogens is 246 g/mol. The molecule has 0 spiro atoms. The van der Waals surface area contributed by atoms with E-state index in [1.54, 1.807) is 12.1 Å². The van der Waals surface area contributed by atoms with Crippen molar-refractivity contribution in [2.75, 3.05) is 6.54 Å². The van der Waals surface area contributed by atoms with Crippen molar-refractivity contribution >= 4 is 0 Å². The molecule has 0 saturated heterocycles. The number of aromatic nitrogens is 1. The van der Waals surface area contributed by atoms with Crippen LogP contribution in [0.25, 0.3) is 0 Å². The molecule has 1 heterocycles. The lowest BCUT2D eigenvalue weighted by Crippen LogP contribution is -2.25. The number of aryl methyl sites for hydroxylation is 1. The predicted molar refractivity (Wildman–Crippen MR) is 70.9 cm³/mol. The summed E-state index contributed by atoms with van der Waals surface area (Å²) in [6.45, 7) is 4.43. The molecule has 1 atom stereocenters. The second-order valence-electron chi connectivity index (χ2n) is 4.36. The molecule has 0 amide bonds. The smallest absolute Gasteiger partial charge is 0.146 e. The number of nitrogens with one attached hydrogen (secondary N) is 1. The van der Waals surface area contributed by atoms with Crippen LogP contribution in [-0.2, 0) is 0 Å². The number of benzene rings is 1. The molecule has 2 rings (SSSR count). The number of nitrogens with zero attached hydrogens (tertiary/aromatic N) is 1. The Hall–Kier alpha value is -1.81. The third kappa shape index (κ3) is 2.96. The summed E-state index contributed by atoms with van der Waals surface area (Å²) in [4.78, 5) is 4.08. The normalized spacial score (nSPS) is 12.4. The molecule has 0 bridgehead atoms. The highest BCUT2D eigenvalue weighted by molar-refractivity contribution is 5.35. The van der Waals surface area contributed by atoms with E-state index >= 15 is 0 Å². The van der Waals surface area contributed by atoms with Crippen LogP contribution >= 0.6 is 0 Å². The fourth-order valence-corrected chi connectivity index (χ4v) is 2.09. The van der Waals surface area contributed by atoms with Crippen molar-refractivity contribution in [3.8, 4) is 0 Å². The standard InChI is InChI=1S/C15H16F2N2/c1-3-18-14(15-13(17)5-4-8-19-15)12-9-11(16)7-6-10(12)2/h4-9,14,18H,3H2,1-2H3. The van der Waals surface area contributed by atoms with Gasteiger partial charge < -0.3 is 5.32 Å². The maximum Gasteiger partial charge on any atom is 0.146 e. The van der Waals surface area contributed by atoms with Crippen LogP contribution in [0.5, 0.6) is 0 Å². The molecule has 2 aromatic rings. The van der Waals surface area contributed by atoms with Crippen molar-refractivity contribution in [3.05, 3.63) is 65.0 Å². The van der Waals surface area contributed by atoms with Gasteiger partial charge in [-0.15, -0.1) is 0 Å². The third-order valence-corrected chi connectivity index (χ3v) is 3.02. The first kappa shape index (κ1) is 13.6. The number of hydrogen-bond donors (Lipinski definition) is 1. The van der Waals surface area contributed by atoms with Crippen molar-refractivity contribution < 1.29 is 8.78 Å². The van der Waals surface area contributed by atoms with Crippen LogP contribution < -0.4 is 5.32 Å². The Balaban J connectivity index is 2.51. The summed E-state index contributed by atoms with van der Waals surface area (Å²) in [5.41, 5.74) is 1.90. The molecule has 1 aromatic heterocycles. The molecule has 0 fully saturated rings. The van der Waals surface area contributed by atoms with E-state index in [4.69, 9.17) is 0 Å². The van der Waals surface area contributed by atoms with Crippen LogP contribution in [0.15, 0.2) is 36.5 Å². The molecule has 0 aliphatic heterocycles. The zero-order valence-corrected chi connectivity index (χ0v) is 11.0. The summed E-state index contributed by atoms with van der Waals surface area (Å²) in [6, 6.07) is 6.98. The lowest BCUT2D eigenvalue weighted by Gasteiger charge is -2.20. The van der Waals surface area contributed by atoms with Gasteiger partial charge in [0.15, 0.2) is 0 Å². The Kier molecular flexibility index (Phi) is 4.22. The Morgan fingerprint density at radius 3 is 2.74 bits per heavy atom. The fourth-order valence-electron chi connectivity index (χ4n) is 2.09. The van der Waals surface area contributed by atoms with Crippen LogP contribution in [0.1, 0.15) is 29.8 Å². The van der Waals surface area contributed by atoms with Crippen molar-refractivity contribution in [3.63, 3.8) is 0 Å². The lowest BCUT2D eigenvalue weighted by atomic mass is 9.97. The third-order valence-electron chi connectivity index (χ3n) is 3.02. The molecule has 100 valence electrons. The van der Waals surface area contributed by atoms with Gasteiger partial charge in [0.1, 0.15) is 11.6 Å². The van der Waals surface area contributed by atoms with Gasteiger partial charge in [-0.05, 0) is 48.9 Å². The summed E-state index contributed by atoms with van der Waals surface area (Å²) in [7, 11) is 0. The topological polar surface area (TPSA) is 24.9 Å². The number of rotatable bonds is 4. The van der Waals surface area contributed by atoms with Crippen LogP contribution in [0.2, 0.25) is 0 Å². The maximum absolute atomic E-state index is 13.9. The van der Waals surface area contributed by atoms with Gasteiger partial charge in [0.25, 0.3) is 0 Å². The van der Waals surface area contributed by atoms with E-state index in [0.717, 1.165) is 5.56 Å². The predicted octanol–water partition coefficient (Wildman–Crippen LogP) is 3.37. The minimum atomic E-state index is -0.443. The zero-order chi connectivity index (χ0) is 13.8. The average molecular weight is 262 g/mol. The van der Waals surface area contributed by atoms with Crippen molar-refractivity contribution in [1.82, 2.24) is 10.3 Å². The summed E-state index contributed by atoms with van der Waals surface area (Å²) < 4.78 is 27.3. The molecule has 4 heteroatoms. The summed E-state index contributed by atoms with van der Waals surface area (Å²) in [5.74, 6) is -0.725. The van der Waals surface area contributed by atoms with E-state index in [9.17, 15) is 8.78 Å². The summed E-state index contributed by atoms with van der Waals surface area (Å²) in [6.07, 6.45) is 1.54. The van der Waals surface area contributed by atoms with Crippen molar-refractivity contribution in [1.29, 1.82) is 0 Å². The maximum atomic E-state index is 13.9. The number of halogens is 2. The van der Waals surface area contributed by atoms with Crippen LogP contribution in [0.3, 0.4) is 0 Å². The van der Waals surface area contributed by atoms with E-state index in [1.165, 1.54) is 24.4 Å². The average Bonchev–Trinajstić information content (AvgIpc) is 2.40. The summed E-state index contributed by atoms with van der Waals surface area (Å²) >= 11 is 0. The van der Waals surface area contributed by atoms with E-state index in [0.29, 0.717) is 12.1 Å². The van der Waals surface area contributed by atoms with Gasteiger partial charge in [-0.3, -0.25) is 4.98 Å². The fraction of sp³-hybridized carbons (Fsp3) is 0.267. The Morgan fingerprint density at radius 2 is 2.05 bits per heavy atom. The van der Waals surface area contributed by atoms with E-state index < -0.39 is 11.9 Å². The van der Waals surface area contributed by atoms with Gasteiger partial charge in [0.05, 0.1) is 11.7 Å². The molecule has 1 unspecified atom stereocenters. The molecule has 0 saturated carbocycles. The van der Waals surface area contributed by atoms with Gasteiger partial charge in [-0.2, -0.15) is 0 Å². The highest BCUT2D eigenvalue weighted by Gasteiger charge is 2.20. The molecule has 0 aliphatic carbocycles. The second-order valence-corrected chi connectivity index (χ2v) is 4.36. The van der Waals surface area contributed by atoms with E-state index in [-0.39, 0.29) is 11.5 Å². The zero-order valence-electron chi connectivity index (χ0n) is 11.0. The molecular formula is C15H16F2N2. The van der Waals surface area contributed by atoms with Crippen LogP contribution in [-0.4, -0.2) is 11.5 Å². The second kappa shape index (κ2) is 5.89. The molecule has 0 aliphatic rings. The molecule has 2 nitrogen and oxygen atoms in total. The monoisotopic (exact) mass is 262 g/mol. The quantitative estimate of drug-likeness (QED) is 0.913. The molecule has 0 radical (unpaired) electrons. The molecule has 19 heavy (non-hydrogen) atoms. The first-order chi connectivity index (χ1) is 9.13.